The molecule has 0 amide bonds. The number of ether oxygens (including phenoxy) is 1. The van der Waals surface area contributed by atoms with Crippen molar-refractivity contribution in [1.82, 2.24) is 4.98 Å². The zero-order valence-corrected chi connectivity index (χ0v) is 13.3. The Morgan fingerprint density at radius 1 is 1.45 bits per heavy atom. The number of hydrogen-bond donors (Lipinski definition) is 1. The molecule has 108 valence electrons. The van der Waals surface area contributed by atoms with Crippen molar-refractivity contribution < 1.29 is 9.53 Å². The molecule has 0 spiro atoms. The summed E-state index contributed by atoms with van der Waals surface area (Å²) in [5, 5.41) is 6.19. The number of aromatic nitrogens is 1. The third kappa shape index (κ3) is 4.61. The zero-order chi connectivity index (χ0) is 14.4. The molecule has 0 fully saturated rings. The normalized spacial score (nSPS) is 10.5. The predicted molar refractivity (Wildman–Crippen MR) is 83.5 cm³/mol. The summed E-state index contributed by atoms with van der Waals surface area (Å²) in [7, 11) is 0. The van der Waals surface area contributed by atoms with Gasteiger partial charge in [0.1, 0.15) is 0 Å². The van der Waals surface area contributed by atoms with E-state index in [9.17, 15) is 4.79 Å². The first kappa shape index (κ1) is 15.0. The van der Waals surface area contributed by atoms with E-state index in [1.807, 2.05) is 12.3 Å². The van der Waals surface area contributed by atoms with Crippen LogP contribution in [0.2, 0.25) is 0 Å². The molecule has 2 heterocycles. The number of hydrogen-bond acceptors (Lipinski definition) is 6. The number of thiazole rings is 1. The molecule has 2 aromatic rings. The number of nitrogens with zero attached hydrogens (tertiary/aromatic N) is 1. The van der Waals surface area contributed by atoms with Crippen LogP contribution in [0, 0.1) is 6.92 Å². The minimum atomic E-state index is -0.163. The van der Waals surface area contributed by atoms with Gasteiger partial charge in [-0.1, -0.05) is 0 Å². The molecule has 20 heavy (non-hydrogen) atoms. The lowest BCUT2D eigenvalue weighted by atomic mass is 10.2. The van der Waals surface area contributed by atoms with Gasteiger partial charge >= 0.3 is 5.97 Å². The minimum Gasteiger partial charge on any atom is -0.466 e. The maximum absolute atomic E-state index is 11.3. The quantitative estimate of drug-likeness (QED) is 0.794. The third-order valence-corrected chi connectivity index (χ3v) is 4.50. The number of nitrogens with one attached hydrogen (secondary N) is 1. The Morgan fingerprint density at radius 2 is 2.30 bits per heavy atom. The lowest BCUT2D eigenvalue weighted by Gasteiger charge is -2.00. The molecule has 0 aliphatic heterocycles. The van der Waals surface area contributed by atoms with Crippen LogP contribution >= 0.6 is 22.7 Å². The molecule has 1 N–H and O–H groups in total. The Balaban J connectivity index is 1.78. The van der Waals surface area contributed by atoms with Crippen molar-refractivity contribution in [3.8, 4) is 0 Å². The summed E-state index contributed by atoms with van der Waals surface area (Å²) in [5.41, 5.74) is 0.938. The van der Waals surface area contributed by atoms with Crippen LogP contribution < -0.4 is 5.32 Å². The maximum atomic E-state index is 11.3. The largest absolute Gasteiger partial charge is 0.466 e. The molecule has 2 aromatic heterocycles. The molecular weight excluding hydrogens is 292 g/mol. The van der Waals surface area contributed by atoms with Gasteiger partial charge in [0.25, 0.3) is 0 Å². The number of rotatable bonds is 7. The van der Waals surface area contributed by atoms with Crippen molar-refractivity contribution in [2.24, 2.45) is 0 Å². The van der Waals surface area contributed by atoms with Crippen LogP contribution in [0.15, 0.2) is 17.5 Å². The molecule has 0 bridgehead atoms. The Labute approximate surface area is 126 Å². The van der Waals surface area contributed by atoms with Crippen molar-refractivity contribution in [3.05, 3.63) is 33.0 Å². The second kappa shape index (κ2) is 7.40. The molecule has 0 aliphatic carbocycles. The molecule has 0 atom stereocenters. The van der Waals surface area contributed by atoms with Crippen molar-refractivity contribution in [1.29, 1.82) is 0 Å². The van der Waals surface area contributed by atoms with Crippen molar-refractivity contribution in [2.45, 2.75) is 33.2 Å². The fourth-order valence-corrected chi connectivity index (χ4v) is 3.28. The van der Waals surface area contributed by atoms with Gasteiger partial charge in [-0.15, -0.1) is 22.7 Å². The molecule has 0 aromatic carbocycles. The molecule has 0 saturated carbocycles. The molecule has 0 saturated heterocycles. The first-order valence-electron chi connectivity index (χ1n) is 6.56. The van der Waals surface area contributed by atoms with Crippen LogP contribution in [0.4, 0.5) is 5.13 Å². The highest BCUT2D eigenvalue weighted by Crippen LogP contribution is 2.20. The van der Waals surface area contributed by atoms with Crippen molar-refractivity contribution in [2.75, 3.05) is 11.9 Å². The molecule has 0 unspecified atom stereocenters. The first-order chi connectivity index (χ1) is 9.67. The number of carbonyl (C=O) groups excluding carboxylic acids is 1. The van der Waals surface area contributed by atoms with E-state index in [4.69, 9.17) is 4.74 Å². The van der Waals surface area contributed by atoms with Gasteiger partial charge in [-0.2, -0.15) is 0 Å². The highest BCUT2D eigenvalue weighted by Gasteiger charge is 2.06. The summed E-state index contributed by atoms with van der Waals surface area (Å²) in [6.45, 7) is 5.15. The fourth-order valence-electron chi connectivity index (χ4n) is 1.71. The molecule has 0 radical (unpaired) electrons. The number of carbonyl (C=O) groups is 1. The topological polar surface area (TPSA) is 51.2 Å². The van der Waals surface area contributed by atoms with Gasteiger partial charge in [-0.25, -0.2) is 4.98 Å². The molecular formula is C14H18N2O2S2. The van der Waals surface area contributed by atoms with Crippen LogP contribution in [0.3, 0.4) is 0 Å². The molecule has 4 nitrogen and oxygen atoms in total. The van der Waals surface area contributed by atoms with Crippen LogP contribution in [-0.2, 0) is 22.5 Å². The predicted octanol–water partition coefficient (Wildman–Crippen LogP) is 3.62. The van der Waals surface area contributed by atoms with Gasteiger partial charge in [-0.3, -0.25) is 4.79 Å². The molecule has 2 rings (SSSR count). The summed E-state index contributed by atoms with van der Waals surface area (Å²) in [6, 6.07) is 4.25. The van der Waals surface area contributed by atoms with E-state index in [1.165, 1.54) is 9.75 Å². The highest BCUT2D eigenvalue weighted by molar-refractivity contribution is 7.13. The Morgan fingerprint density at radius 3 is 3.00 bits per heavy atom. The van der Waals surface area contributed by atoms with Crippen LogP contribution in [0.1, 0.15) is 28.8 Å². The average Bonchev–Trinajstić information content (AvgIpc) is 3.03. The first-order valence-corrected chi connectivity index (χ1v) is 8.26. The monoisotopic (exact) mass is 310 g/mol. The number of aryl methyl sites for hydroxylation is 2. The number of anilines is 1. The Bertz CT molecular complexity index is 563. The fraction of sp³-hybridized carbons (Fsp3) is 0.429. The van der Waals surface area contributed by atoms with Gasteiger partial charge in [0.05, 0.1) is 25.3 Å². The molecule has 6 heteroatoms. The third-order valence-electron chi connectivity index (χ3n) is 2.65. The van der Waals surface area contributed by atoms with E-state index < -0.39 is 0 Å². The lowest BCUT2D eigenvalue weighted by molar-refractivity contribution is -0.143. The minimum absolute atomic E-state index is 0.163. The summed E-state index contributed by atoms with van der Waals surface area (Å²) in [4.78, 5) is 18.4. The van der Waals surface area contributed by atoms with E-state index in [-0.39, 0.29) is 5.97 Å². The summed E-state index contributed by atoms with van der Waals surface area (Å²) in [6.07, 6.45) is 1.02. The van der Waals surface area contributed by atoms with Gasteiger partial charge in [0.2, 0.25) is 0 Å². The van der Waals surface area contributed by atoms with Crippen LogP contribution in [-0.4, -0.2) is 17.6 Å². The average molecular weight is 310 g/mol. The van der Waals surface area contributed by atoms with Crippen molar-refractivity contribution in [3.63, 3.8) is 0 Å². The summed E-state index contributed by atoms with van der Waals surface area (Å²) in [5.74, 6) is -0.163. The second-order valence-electron chi connectivity index (χ2n) is 4.31. The van der Waals surface area contributed by atoms with E-state index >= 15 is 0 Å². The van der Waals surface area contributed by atoms with E-state index in [0.717, 1.165) is 17.4 Å². The summed E-state index contributed by atoms with van der Waals surface area (Å²) < 4.78 is 4.90. The van der Waals surface area contributed by atoms with E-state index in [1.54, 1.807) is 22.7 Å². The van der Waals surface area contributed by atoms with Gasteiger partial charge in [0.15, 0.2) is 5.13 Å². The van der Waals surface area contributed by atoms with Crippen molar-refractivity contribution >= 4 is 33.8 Å². The Hall–Kier alpha value is -1.40. The number of thiophene rings is 1. The smallest absolute Gasteiger partial charge is 0.306 e. The standard InChI is InChI=1S/C14H18N2O2S2/c1-3-18-13(17)7-5-11-9-19-14(16-11)15-8-12-6-4-10(2)20-12/h4,6,9H,3,5,7-8H2,1-2H3,(H,15,16). The van der Waals surface area contributed by atoms with Crippen LogP contribution in [0.5, 0.6) is 0 Å². The van der Waals surface area contributed by atoms with Crippen LogP contribution in [0.25, 0.3) is 0 Å². The van der Waals surface area contributed by atoms with Gasteiger partial charge in [0, 0.05) is 21.6 Å². The Kier molecular flexibility index (Phi) is 5.55. The summed E-state index contributed by atoms with van der Waals surface area (Å²) >= 11 is 3.36. The second-order valence-corrected chi connectivity index (χ2v) is 6.55. The van der Waals surface area contributed by atoms with E-state index in [2.05, 4.69) is 29.4 Å². The van der Waals surface area contributed by atoms with Gasteiger partial charge < -0.3 is 10.1 Å². The van der Waals surface area contributed by atoms with E-state index in [0.29, 0.717) is 19.4 Å². The lowest BCUT2D eigenvalue weighted by Crippen LogP contribution is -2.05. The number of esters is 1. The zero-order valence-electron chi connectivity index (χ0n) is 11.6. The SMILES string of the molecule is CCOC(=O)CCc1csc(NCc2ccc(C)s2)n1. The highest BCUT2D eigenvalue weighted by atomic mass is 32.1. The van der Waals surface area contributed by atoms with Gasteiger partial charge in [-0.05, 0) is 26.0 Å². The maximum Gasteiger partial charge on any atom is 0.306 e. The molecule has 0 aliphatic rings.